The fraction of sp³-hybridized carbons (Fsp3) is 0.0909. The van der Waals surface area contributed by atoms with Gasteiger partial charge in [0, 0.05) is 23.9 Å². The van der Waals surface area contributed by atoms with Gasteiger partial charge in [-0.3, -0.25) is 14.7 Å². The van der Waals surface area contributed by atoms with Gasteiger partial charge in [0.15, 0.2) is 5.69 Å². The summed E-state index contributed by atoms with van der Waals surface area (Å²) in [5, 5.41) is 11.3. The molecule has 2 aromatic heterocycles. The standard InChI is InChI=1S/C11H9N3O4/c15-8-3-4-9(16)14(13-8)6-7-2-1-5-12-10(7)11(17)18/h1-5H,6H2,(H,13,15)(H,17,18). The summed E-state index contributed by atoms with van der Waals surface area (Å²) >= 11 is 0. The summed E-state index contributed by atoms with van der Waals surface area (Å²) in [6.07, 6.45) is 1.35. The maximum absolute atomic E-state index is 11.5. The Kier molecular flexibility index (Phi) is 3.05. The number of carboxylic acids is 1. The van der Waals surface area contributed by atoms with Gasteiger partial charge in [-0.15, -0.1) is 0 Å². The zero-order valence-corrected chi connectivity index (χ0v) is 9.16. The molecule has 0 unspecified atom stereocenters. The summed E-state index contributed by atoms with van der Waals surface area (Å²) < 4.78 is 1.03. The molecular formula is C11H9N3O4. The highest BCUT2D eigenvalue weighted by Crippen LogP contribution is 2.05. The molecule has 0 amide bonds. The van der Waals surface area contributed by atoms with Crippen LogP contribution in [0, 0.1) is 0 Å². The fourth-order valence-corrected chi connectivity index (χ4v) is 1.51. The number of hydrogen-bond acceptors (Lipinski definition) is 4. The second-order valence-corrected chi connectivity index (χ2v) is 3.55. The van der Waals surface area contributed by atoms with Crippen LogP contribution in [0.5, 0.6) is 0 Å². The minimum atomic E-state index is -1.18. The first-order valence-electron chi connectivity index (χ1n) is 5.05. The largest absolute Gasteiger partial charge is 0.477 e. The van der Waals surface area contributed by atoms with Crippen LogP contribution in [0.15, 0.2) is 40.1 Å². The lowest BCUT2D eigenvalue weighted by molar-refractivity contribution is 0.0689. The number of aromatic amines is 1. The van der Waals surface area contributed by atoms with E-state index in [2.05, 4.69) is 10.1 Å². The van der Waals surface area contributed by atoms with Gasteiger partial charge in [-0.1, -0.05) is 6.07 Å². The molecular weight excluding hydrogens is 238 g/mol. The molecule has 2 N–H and O–H groups in total. The molecule has 7 nitrogen and oxygen atoms in total. The van der Waals surface area contributed by atoms with Crippen LogP contribution >= 0.6 is 0 Å². The lowest BCUT2D eigenvalue weighted by Crippen LogP contribution is -2.29. The number of nitrogens with zero attached hydrogens (tertiary/aromatic N) is 2. The Hall–Kier alpha value is -2.70. The van der Waals surface area contributed by atoms with E-state index in [1.54, 1.807) is 6.07 Å². The normalized spacial score (nSPS) is 10.2. The smallest absolute Gasteiger partial charge is 0.354 e. The third kappa shape index (κ3) is 2.34. The van der Waals surface area contributed by atoms with Crippen LogP contribution in [0.3, 0.4) is 0 Å². The minimum absolute atomic E-state index is 0.0512. The molecule has 7 heteroatoms. The molecule has 0 aliphatic rings. The maximum atomic E-state index is 11.5. The van der Waals surface area contributed by atoms with Crippen molar-refractivity contribution in [3.8, 4) is 0 Å². The van der Waals surface area contributed by atoms with Crippen LogP contribution in [0.25, 0.3) is 0 Å². The van der Waals surface area contributed by atoms with E-state index in [9.17, 15) is 14.4 Å². The van der Waals surface area contributed by atoms with Crippen LogP contribution in [0.2, 0.25) is 0 Å². The molecule has 0 bridgehead atoms. The van der Waals surface area contributed by atoms with E-state index in [1.165, 1.54) is 12.3 Å². The number of hydrogen-bond donors (Lipinski definition) is 2. The first-order chi connectivity index (χ1) is 8.58. The Bertz CT molecular complexity index is 702. The van der Waals surface area contributed by atoms with Crippen molar-refractivity contribution in [2.45, 2.75) is 6.54 Å². The quantitative estimate of drug-likeness (QED) is 0.773. The van der Waals surface area contributed by atoms with Crippen LogP contribution in [0.1, 0.15) is 16.1 Å². The monoisotopic (exact) mass is 247 g/mol. The molecule has 0 aliphatic carbocycles. The molecule has 0 aromatic carbocycles. The van der Waals surface area contributed by atoms with Crippen molar-refractivity contribution < 1.29 is 9.90 Å². The second kappa shape index (κ2) is 4.66. The van der Waals surface area contributed by atoms with E-state index in [0.29, 0.717) is 5.56 Å². The van der Waals surface area contributed by atoms with E-state index in [0.717, 1.165) is 16.8 Å². The minimum Gasteiger partial charge on any atom is -0.477 e. The topological polar surface area (TPSA) is 105 Å². The Morgan fingerprint density at radius 1 is 1.33 bits per heavy atom. The highest BCUT2D eigenvalue weighted by Gasteiger charge is 2.11. The third-order valence-electron chi connectivity index (χ3n) is 2.31. The van der Waals surface area contributed by atoms with Crippen molar-refractivity contribution >= 4 is 5.97 Å². The van der Waals surface area contributed by atoms with Crippen LogP contribution in [-0.4, -0.2) is 25.8 Å². The summed E-state index contributed by atoms with van der Waals surface area (Å²) in [6.45, 7) is -0.0512. The van der Waals surface area contributed by atoms with Gasteiger partial charge >= 0.3 is 5.97 Å². The number of carbonyl (C=O) groups is 1. The lowest BCUT2D eigenvalue weighted by Gasteiger charge is -2.06. The predicted octanol–water partition coefficient (Wildman–Crippen LogP) is -0.322. The summed E-state index contributed by atoms with van der Waals surface area (Å²) in [4.78, 5) is 37.2. The van der Waals surface area contributed by atoms with E-state index in [4.69, 9.17) is 5.11 Å². The molecule has 2 rings (SSSR count). The molecule has 2 heterocycles. The summed E-state index contributed by atoms with van der Waals surface area (Å²) in [7, 11) is 0. The van der Waals surface area contributed by atoms with Gasteiger partial charge in [-0.05, 0) is 6.07 Å². The molecule has 0 fully saturated rings. The van der Waals surface area contributed by atoms with Gasteiger partial charge in [-0.25, -0.2) is 14.5 Å². The highest BCUT2D eigenvalue weighted by molar-refractivity contribution is 5.86. The lowest BCUT2D eigenvalue weighted by atomic mass is 10.2. The molecule has 0 saturated heterocycles. The number of rotatable bonds is 3. The first kappa shape index (κ1) is 11.8. The average molecular weight is 247 g/mol. The molecule has 0 saturated carbocycles. The van der Waals surface area contributed by atoms with Gasteiger partial charge in [-0.2, -0.15) is 0 Å². The Morgan fingerprint density at radius 3 is 2.83 bits per heavy atom. The van der Waals surface area contributed by atoms with Crippen LogP contribution in [-0.2, 0) is 6.54 Å². The number of aromatic nitrogens is 3. The fourth-order valence-electron chi connectivity index (χ4n) is 1.51. The number of nitrogens with one attached hydrogen (secondary N) is 1. The first-order valence-corrected chi connectivity index (χ1v) is 5.05. The van der Waals surface area contributed by atoms with Gasteiger partial charge < -0.3 is 5.11 Å². The average Bonchev–Trinajstić information content (AvgIpc) is 2.34. The van der Waals surface area contributed by atoms with Crippen molar-refractivity contribution in [1.82, 2.24) is 14.8 Å². The SMILES string of the molecule is O=C(O)c1ncccc1Cn1[nH]c(=O)ccc1=O. The zero-order valence-electron chi connectivity index (χ0n) is 9.16. The summed E-state index contributed by atoms with van der Waals surface area (Å²) in [5.74, 6) is -1.18. The molecule has 0 spiro atoms. The molecule has 0 aliphatic heterocycles. The van der Waals surface area contributed by atoms with E-state index >= 15 is 0 Å². The second-order valence-electron chi connectivity index (χ2n) is 3.55. The van der Waals surface area contributed by atoms with E-state index in [-0.39, 0.29) is 12.2 Å². The molecule has 92 valence electrons. The Balaban J connectivity index is 2.46. The number of H-pyrrole nitrogens is 1. The van der Waals surface area contributed by atoms with E-state index < -0.39 is 17.1 Å². The van der Waals surface area contributed by atoms with E-state index in [1.807, 2.05) is 0 Å². The zero-order chi connectivity index (χ0) is 13.1. The van der Waals surface area contributed by atoms with Crippen molar-refractivity contribution in [3.05, 3.63) is 62.4 Å². The van der Waals surface area contributed by atoms with Crippen LogP contribution < -0.4 is 11.1 Å². The summed E-state index contributed by atoms with van der Waals surface area (Å²) in [6, 6.07) is 5.33. The van der Waals surface area contributed by atoms with Gasteiger partial charge in [0.2, 0.25) is 0 Å². The van der Waals surface area contributed by atoms with Crippen molar-refractivity contribution in [2.75, 3.05) is 0 Å². The van der Waals surface area contributed by atoms with Crippen molar-refractivity contribution in [3.63, 3.8) is 0 Å². The summed E-state index contributed by atoms with van der Waals surface area (Å²) in [5.41, 5.74) is -0.659. The van der Waals surface area contributed by atoms with Crippen molar-refractivity contribution in [1.29, 1.82) is 0 Å². The van der Waals surface area contributed by atoms with Crippen molar-refractivity contribution in [2.24, 2.45) is 0 Å². The van der Waals surface area contributed by atoms with Gasteiger partial charge in [0.1, 0.15) is 0 Å². The van der Waals surface area contributed by atoms with Gasteiger partial charge in [0.05, 0.1) is 6.54 Å². The number of carboxylic acid groups (broad SMARTS) is 1. The highest BCUT2D eigenvalue weighted by atomic mass is 16.4. The molecule has 2 aromatic rings. The van der Waals surface area contributed by atoms with Crippen LogP contribution in [0.4, 0.5) is 0 Å². The number of pyridine rings is 1. The molecule has 18 heavy (non-hydrogen) atoms. The molecule has 0 radical (unpaired) electrons. The van der Waals surface area contributed by atoms with Gasteiger partial charge in [0.25, 0.3) is 11.1 Å². The molecule has 0 atom stereocenters. The predicted molar refractivity (Wildman–Crippen MR) is 61.6 cm³/mol. The number of aromatic carboxylic acids is 1. The Labute approximate surface area is 100 Å². The maximum Gasteiger partial charge on any atom is 0.354 e. The third-order valence-corrected chi connectivity index (χ3v) is 2.31. The Morgan fingerprint density at radius 2 is 2.11 bits per heavy atom.